The molecule has 140 valence electrons. The van der Waals surface area contributed by atoms with Crippen molar-refractivity contribution < 1.29 is 14.7 Å². The largest absolute Gasteiger partial charge is 0.508 e. The number of amides is 2. The zero-order chi connectivity index (χ0) is 19.8. The van der Waals surface area contributed by atoms with E-state index in [1.165, 1.54) is 12.1 Å². The van der Waals surface area contributed by atoms with Crippen molar-refractivity contribution in [1.82, 2.24) is 10.6 Å². The first-order chi connectivity index (χ1) is 13.6. The highest BCUT2D eigenvalue weighted by Crippen LogP contribution is 2.13. The molecule has 0 aliphatic rings. The summed E-state index contributed by atoms with van der Waals surface area (Å²) in [4.78, 5) is 25.2. The summed E-state index contributed by atoms with van der Waals surface area (Å²) in [5.74, 6) is -0.651. The SMILES string of the molecule is O=C(NCc1ccccc1)C(=Cc1ccc(O)cc1)NC(=O)c1ccccc1. The third-order valence-corrected chi connectivity index (χ3v) is 4.03. The Balaban J connectivity index is 1.80. The zero-order valence-electron chi connectivity index (χ0n) is 15.1. The fourth-order valence-corrected chi connectivity index (χ4v) is 2.55. The van der Waals surface area contributed by atoms with Gasteiger partial charge in [-0.25, -0.2) is 0 Å². The smallest absolute Gasteiger partial charge is 0.268 e. The Bertz CT molecular complexity index is 966. The molecule has 0 aromatic heterocycles. The summed E-state index contributed by atoms with van der Waals surface area (Å²) in [5, 5.41) is 14.9. The van der Waals surface area contributed by atoms with Crippen LogP contribution in [0.1, 0.15) is 21.5 Å². The number of carbonyl (C=O) groups excluding carboxylic acids is 2. The van der Waals surface area contributed by atoms with Crippen LogP contribution in [-0.4, -0.2) is 16.9 Å². The van der Waals surface area contributed by atoms with Crippen molar-refractivity contribution in [2.24, 2.45) is 0 Å². The first-order valence-corrected chi connectivity index (χ1v) is 8.81. The lowest BCUT2D eigenvalue weighted by Crippen LogP contribution is -2.34. The van der Waals surface area contributed by atoms with E-state index in [2.05, 4.69) is 10.6 Å². The van der Waals surface area contributed by atoms with Crippen molar-refractivity contribution in [1.29, 1.82) is 0 Å². The fourth-order valence-electron chi connectivity index (χ4n) is 2.55. The number of hydrogen-bond donors (Lipinski definition) is 3. The van der Waals surface area contributed by atoms with Gasteiger partial charge in [0, 0.05) is 12.1 Å². The molecule has 3 rings (SSSR count). The highest BCUT2D eigenvalue weighted by Gasteiger charge is 2.14. The predicted octanol–water partition coefficient (Wildman–Crippen LogP) is 3.48. The number of nitrogens with one attached hydrogen (secondary N) is 2. The van der Waals surface area contributed by atoms with E-state index in [0.29, 0.717) is 17.7 Å². The van der Waals surface area contributed by atoms with Crippen LogP contribution < -0.4 is 10.6 Å². The third-order valence-electron chi connectivity index (χ3n) is 4.03. The molecule has 0 unspecified atom stereocenters. The van der Waals surface area contributed by atoms with Gasteiger partial charge in [-0.1, -0.05) is 60.7 Å². The Labute approximate surface area is 163 Å². The summed E-state index contributed by atoms with van der Waals surface area (Å²) in [6.45, 7) is 0.341. The molecule has 0 fully saturated rings. The maximum atomic E-state index is 12.7. The van der Waals surface area contributed by atoms with Crippen molar-refractivity contribution in [2.75, 3.05) is 0 Å². The van der Waals surface area contributed by atoms with E-state index in [1.807, 2.05) is 36.4 Å². The van der Waals surface area contributed by atoms with Gasteiger partial charge in [-0.05, 0) is 41.5 Å². The van der Waals surface area contributed by atoms with E-state index < -0.39 is 5.91 Å². The molecular formula is C23H20N2O3. The molecule has 0 aliphatic heterocycles. The number of hydrogen-bond acceptors (Lipinski definition) is 3. The van der Waals surface area contributed by atoms with Gasteiger partial charge in [-0.15, -0.1) is 0 Å². The highest BCUT2D eigenvalue weighted by atomic mass is 16.3. The average Bonchev–Trinajstić information content (AvgIpc) is 2.74. The van der Waals surface area contributed by atoms with Gasteiger partial charge in [0.1, 0.15) is 11.4 Å². The van der Waals surface area contributed by atoms with Crippen LogP contribution in [0.2, 0.25) is 0 Å². The fraction of sp³-hybridized carbons (Fsp3) is 0.0435. The van der Waals surface area contributed by atoms with E-state index >= 15 is 0 Å². The van der Waals surface area contributed by atoms with Crippen molar-refractivity contribution in [2.45, 2.75) is 6.54 Å². The molecule has 0 saturated heterocycles. The second-order valence-corrected chi connectivity index (χ2v) is 6.14. The molecule has 0 saturated carbocycles. The maximum absolute atomic E-state index is 12.7. The monoisotopic (exact) mass is 372 g/mol. The van der Waals surface area contributed by atoms with E-state index in [1.54, 1.807) is 42.5 Å². The molecule has 3 aromatic carbocycles. The standard InChI is InChI=1S/C23H20N2O3/c26-20-13-11-17(12-14-20)15-21(25-22(27)19-9-5-2-6-10-19)23(28)24-16-18-7-3-1-4-8-18/h1-15,26H,16H2,(H,24,28)(H,25,27). The van der Waals surface area contributed by atoms with Crippen LogP contribution in [-0.2, 0) is 11.3 Å². The second kappa shape index (κ2) is 9.19. The summed E-state index contributed by atoms with van der Waals surface area (Å²) in [7, 11) is 0. The van der Waals surface area contributed by atoms with Crippen LogP contribution in [0.3, 0.4) is 0 Å². The predicted molar refractivity (Wildman–Crippen MR) is 108 cm³/mol. The molecule has 0 aliphatic carbocycles. The van der Waals surface area contributed by atoms with E-state index in [0.717, 1.165) is 5.56 Å². The lowest BCUT2D eigenvalue weighted by atomic mass is 10.1. The first kappa shape index (κ1) is 18.9. The number of benzene rings is 3. The molecule has 3 N–H and O–H groups in total. The van der Waals surface area contributed by atoms with Crippen LogP contribution in [0.5, 0.6) is 5.75 Å². The molecule has 3 aromatic rings. The Hall–Kier alpha value is -3.86. The van der Waals surface area contributed by atoms with Gasteiger partial charge in [0.15, 0.2) is 0 Å². The minimum absolute atomic E-state index is 0.121. The van der Waals surface area contributed by atoms with Crippen molar-refractivity contribution >= 4 is 17.9 Å². The quantitative estimate of drug-likeness (QED) is 0.580. The number of phenols is 1. The number of aromatic hydroxyl groups is 1. The average molecular weight is 372 g/mol. The molecule has 5 nitrogen and oxygen atoms in total. The van der Waals surface area contributed by atoms with Gasteiger partial charge in [0.25, 0.3) is 11.8 Å². The molecule has 0 spiro atoms. The summed E-state index contributed by atoms with van der Waals surface area (Å²) in [5.41, 5.74) is 2.20. The molecule has 0 radical (unpaired) electrons. The molecule has 2 amide bonds. The summed E-state index contributed by atoms with van der Waals surface area (Å²) in [6, 6.07) is 24.6. The molecular weight excluding hydrogens is 352 g/mol. The Morgan fingerprint density at radius 1 is 0.821 bits per heavy atom. The van der Waals surface area contributed by atoms with Crippen LogP contribution in [0.4, 0.5) is 0 Å². The van der Waals surface area contributed by atoms with E-state index in [4.69, 9.17) is 0 Å². The van der Waals surface area contributed by atoms with Crippen LogP contribution >= 0.6 is 0 Å². The highest BCUT2D eigenvalue weighted by molar-refractivity contribution is 6.05. The van der Waals surface area contributed by atoms with Crippen LogP contribution in [0.25, 0.3) is 6.08 Å². The normalized spacial score (nSPS) is 10.9. The number of phenolic OH excluding ortho intramolecular Hbond substituents is 1. The van der Waals surface area contributed by atoms with Crippen LogP contribution in [0.15, 0.2) is 90.6 Å². The molecule has 0 atom stereocenters. The number of rotatable bonds is 6. The summed E-state index contributed by atoms with van der Waals surface area (Å²) >= 11 is 0. The van der Waals surface area contributed by atoms with Crippen molar-refractivity contribution in [3.8, 4) is 5.75 Å². The minimum Gasteiger partial charge on any atom is -0.508 e. The van der Waals surface area contributed by atoms with Gasteiger partial charge in [0.2, 0.25) is 0 Å². The number of carbonyl (C=O) groups is 2. The molecule has 0 bridgehead atoms. The molecule has 0 heterocycles. The van der Waals surface area contributed by atoms with Gasteiger partial charge in [-0.3, -0.25) is 9.59 Å². The third kappa shape index (κ3) is 5.32. The summed E-state index contributed by atoms with van der Waals surface area (Å²) in [6.07, 6.45) is 1.57. The van der Waals surface area contributed by atoms with E-state index in [9.17, 15) is 14.7 Å². The zero-order valence-corrected chi connectivity index (χ0v) is 15.1. The Morgan fingerprint density at radius 3 is 2.07 bits per heavy atom. The van der Waals surface area contributed by atoms with Gasteiger partial charge in [0.05, 0.1) is 0 Å². The van der Waals surface area contributed by atoms with Crippen LogP contribution in [0, 0.1) is 0 Å². The maximum Gasteiger partial charge on any atom is 0.268 e. The van der Waals surface area contributed by atoms with Gasteiger partial charge >= 0.3 is 0 Å². The van der Waals surface area contributed by atoms with E-state index in [-0.39, 0.29) is 17.4 Å². The lowest BCUT2D eigenvalue weighted by molar-refractivity contribution is -0.117. The van der Waals surface area contributed by atoms with Gasteiger partial charge < -0.3 is 15.7 Å². The Kier molecular flexibility index (Phi) is 6.21. The van der Waals surface area contributed by atoms with Crippen molar-refractivity contribution in [3.05, 3.63) is 107 Å². The Morgan fingerprint density at radius 2 is 1.43 bits per heavy atom. The minimum atomic E-state index is -0.402. The second-order valence-electron chi connectivity index (χ2n) is 6.14. The van der Waals surface area contributed by atoms with Gasteiger partial charge in [-0.2, -0.15) is 0 Å². The summed E-state index contributed by atoms with van der Waals surface area (Å²) < 4.78 is 0. The topological polar surface area (TPSA) is 78.4 Å². The van der Waals surface area contributed by atoms with Crippen molar-refractivity contribution in [3.63, 3.8) is 0 Å². The lowest BCUT2D eigenvalue weighted by Gasteiger charge is -2.11. The molecule has 28 heavy (non-hydrogen) atoms. The first-order valence-electron chi connectivity index (χ1n) is 8.81. The molecule has 5 heteroatoms.